The van der Waals surface area contributed by atoms with Gasteiger partial charge in [-0.05, 0) is 29.2 Å². The molecule has 0 bridgehead atoms. The van der Waals surface area contributed by atoms with Crippen LogP contribution in [0.2, 0.25) is 0 Å². The highest BCUT2D eigenvalue weighted by atomic mass is 32.2. The summed E-state index contributed by atoms with van der Waals surface area (Å²) >= 11 is 0. The Hall–Kier alpha value is -1.69. The van der Waals surface area contributed by atoms with Crippen molar-refractivity contribution in [3.05, 3.63) is 65.2 Å². The third-order valence-electron chi connectivity index (χ3n) is 3.33. The Morgan fingerprint density at radius 3 is 2.24 bits per heavy atom. The summed E-state index contributed by atoms with van der Waals surface area (Å²) in [5.41, 5.74) is 2.51. The second-order valence-corrected chi connectivity index (χ2v) is 6.50. The van der Waals surface area contributed by atoms with E-state index in [9.17, 15) is 13.5 Å². The highest BCUT2D eigenvalue weighted by molar-refractivity contribution is 7.89. The van der Waals surface area contributed by atoms with E-state index < -0.39 is 10.0 Å². The molecule has 2 aromatic carbocycles. The molecular formula is C16H19NO3S. The van der Waals surface area contributed by atoms with Crippen molar-refractivity contribution in [3.63, 3.8) is 0 Å². The molecule has 0 fully saturated rings. The lowest BCUT2D eigenvalue weighted by Gasteiger charge is -2.10. The zero-order valence-corrected chi connectivity index (χ0v) is 12.7. The summed E-state index contributed by atoms with van der Waals surface area (Å²) in [7, 11) is -3.63. The van der Waals surface area contributed by atoms with Crippen LogP contribution in [-0.4, -0.2) is 13.5 Å². The molecule has 0 heterocycles. The topological polar surface area (TPSA) is 66.4 Å². The van der Waals surface area contributed by atoms with Crippen LogP contribution in [0, 0.1) is 0 Å². The Balaban J connectivity index is 2.13. The molecular weight excluding hydrogens is 286 g/mol. The molecule has 2 aromatic rings. The van der Waals surface area contributed by atoms with Gasteiger partial charge in [-0.25, -0.2) is 13.1 Å². The third kappa shape index (κ3) is 3.91. The molecule has 0 radical (unpaired) electrons. The number of nitrogens with one attached hydrogen (secondary N) is 1. The minimum Gasteiger partial charge on any atom is -0.392 e. The van der Waals surface area contributed by atoms with Crippen LogP contribution in [0.4, 0.5) is 0 Å². The highest BCUT2D eigenvalue weighted by Gasteiger charge is 2.17. The van der Waals surface area contributed by atoms with E-state index in [1.54, 1.807) is 18.2 Å². The first kappa shape index (κ1) is 15.7. The molecule has 0 atom stereocenters. The van der Waals surface area contributed by atoms with Gasteiger partial charge in [-0.3, -0.25) is 0 Å². The van der Waals surface area contributed by atoms with Crippen molar-refractivity contribution in [2.75, 3.05) is 0 Å². The van der Waals surface area contributed by atoms with Gasteiger partial charge in [0.25, 0.3) is 0 Å². The monoisotopic (exact) mass is 305 g/mol. The number of benzene rings is 2. The van der Waals surface area contributed by atoms with Gasteiger partial charge in [-0.15, -0.1) is 0 Å². The third-order valence-corrected chi connectivity index (χ3v) is 4.83. The van der Waals surface area contributed by atoms with Crippen LogP contribution >= 0.6 is 0 Å². The van der Waals surface area contributed by atoms with Crippen molar-refractivity contribution in [2.24, 2.45) is 0 Å². The maximum absolute atomic E-state index is 12.3. The molecule has 0 aliphatic heterocycles. The van der Waals surface area contributed by atoms with Gasteiger partial charge in [0.2, 0.25) is 10.0 Å². The smallest absolute Gasteiger partial charge is 0.241 e. The molecule has 0 amide bonds. The number of rotatable bonds is 6. The quantitative estimate of drug-likeness (QED) is 0.860. The molecule has 112 valence electrons. The maximum atomic E-state index is 12.3. The molecule has 2 N–H and O–H groups in total. The summed E-state index contributed by atoms with van der Waals surface area (Å²) in [5, 5.41) is 9.23. The standard InChI is InChI=1S/C16H19NO3S/c1-2-13-7-9-14(10-8-13)11-17-21(19,20)16-6-4-3-5-15(16)12-18/h3-10,17-18H,2,11-12H2,1H3. The number of aliphatic hydroxyl groups is 1. The van der Waals surface area contributed by atoms with Gasteiger partial charge in [0.15, 0.2) is 0 Å². The predicted octanol–water partition coefficient (Wildman–Crippen LogP) is 2.22. The summed E-state index contributed by atoms with van der Waals surface area (Å²) in [6.07, 6.45) is 0.954. The van der Waals surface area contributed by atoms with Crippen LogP contribution in [-0.2, 0) is 29.6 Å². The van der Waals surface area contributed by atoms with E-state index in [1.165, 1.54) is 11.6 Å². The van der Waals surface area contributed by atoms with E-state index >= 15 is 0 Å². The zero-order chi connectivity index (χ0) is 15.3. The zero-order valence-electron chi connectivity index (χ0n) is 11.9. The molecule has 0 aromatic heterocycles. The number of hydrogen-bond donors (Lipinski definition) is 2. The van der Waals surface area contributed by atoms with E-state index in [0.29, 0.717) is 5.56 Å². The Labute approximate surface area is 125 Å². The molecule has 4 nitrogen and oxygen atoms in total. The molecule has 0 aliphatic carbocycles. The molecule has 0 saturated heterocycles. The van der Waals surface area contributed by atoms with Crippen molar-refractivity contribution in [3.8, 4) is 0 Å². The van der Waals surface area contributed by atoms with Gasteiger partial charge in [0.1, 0.15) is 0 Å². The van der Waals surface area contributed by atoms with Crippen molar-refractivity contribution < 1.29 is 13.5 Å². The minimum atomic E-state index is -3.63. The summed E-state index contributed by atoms with van der Waals surface area (Å²) in [5.74, 6) is 0. The first-order valence-electron chi connectivity index (χ1n) is 6.83. The molecule has 0 aliphatic rings. The maximum Gasteiger partial charge on any atom is 0.241 e. The van der Waals surface area contributed by atoms with Crippen molar-refractivity contribution in [2.45, 2.75) is 31.4 Å². The SMILES string of the molecule is CCc1ccc(CNS(=O)(=O)c2ccccc2CO)cc1. The van der Waals surface area contributed by atoms with E-state index in [1.807, 2.05) is 24.3 Å². The fourth-order valence-corrected chi connectivity index (χ4v) is 3.29. The second kappa shape index (κ2) is 6.85. The Morgan fingerprint density at radius 1 is 1.00 bits per heavy atom. The summed E-state index contributed by atoms with van der Waals surface area (Å²) < 4.78 is 27.1. The van der Waals surface area contributed by atoms with Crippen LogP contribution in [0.5, 0.6) is 0 Å². The van der Waals surface area contributed by atoms with E-state index in [2.05, 4.69) is 11.6 Å². The molecule has 0 spiro atoms. The Kier molecular flexibility index (Phi) is 5.12. The molecule has 0 saturated carbocycles. The summed E-state index contributed by atoms with van der Waals surface area (Å²) in [6.45, 7) is 2.00. The van der Waals surface area contributed by atoms with Gasteiger partial charge in [0.05, 0.1) is 11.5 Å². The first-order valence-corrected chi connectivity index (χ1v) is 8.31. The first-order chi connectivity index (χ1) is 10.1. The van der Waals surface area contributed by atoms with Gasteiger partial charge >= 0.3 is 0 Å². The Bertz CT molecular complexity index is 694. The van der Waals surface area contributed by atoms with Crippen molar-refractivity contribution >= 4 is 10.0 Å². The van der Waals surface area contributed by atoms with Crippen LogP contribution in [0.3, 0.4) is 0 Å². The fourth-order valence-electron chi connectivity index (χ4n) is 2.05. The summed E-state index contributed by atoms with van der Waals surface area (Å²) in [6, 6.07) is 14.3. The number of sulfonamides is 1. The van der Waals surface area contributed by atoms with Crippen LogP contribution in [0.1, 0.15) is 23.6 Å². The number of aliphatic hydroxyl groups excluding tert-OH is 1. The van der Waals surface area contributed by atoms with Gasteiger partial charge in [-0.2, -0.15) is 0 Å². The highest BCUT2D eigenvalue weighted by Crippen LogP contribution is 2.15. The van der Waals surface area contributed by atoms with Crippen molar-refractivity contribution in [1.29, 1.82) is 0 Å². The van der Waals surface area contributed by atoms with Crippen LogP contribution in [0.15, 0.2) is 53.4 Å². The van der Waals surface area contributed by atoms with Gasteiger partial charge in [-0.1, -0.05) is 49.4 Å². The van der Waals surface area contributed by atoms with E-state index in [0.717, 1.165) is 12.0 Å². The minimum absolute atomic E-state index is 0.123. The average Bonchev–Trinajstić information content (AvgIpc) is 2.53. The fraction of sp³-hybridized carbons (Fsp3) is 0.250. The van der Waals surface area contributed by atoms with Gasteiger partial charge in [0, 0.05) is 6.54 Å². The molecule has 2 rings (SSSR count). The van der Waals surface area contributed by atoms with Crippen LogP contribution in [0.25, 0.3) is 0 Å². The normalized spacial score (nSPS) is 11.5. The second-order valence-electron chi connectivity index (χ2n) is 4.76. The van der Waals surface area contributed by atoms with E-state index in [4.69, 9.17) is 0 Å². The lowest BCUT2D eigenvalue weighted by atomic mass is 10.1. The predicted molar refractivity (Wildman–Crippen MR) is 82.2 cm³/mol. The van der Waals surface area contributed by atoms with Crippen LogP contribution < -0.4 is 4.72 Å². The van der Waals surface area contributed by atoms with Crippen molar-refractivity contribution in [1.82, 2.24) is 4.72 Å². The average molecular weight is 305 g/mol. The lowest BCUT2D eigenvalue weighted by molar-refractivity contribution is 0.278. The molecule has 0 unspecified atom stereocenters. The molecule has 5 heteroatoms. The Morgan fingerprint density at radius 2 is 1.62 bits per heavy atom. The number of aryl methyl sites for hydroxylation is 1. The lowest BCUT2D eigenvalue weighted by Crippen LogP contribution is -2.24. The van der Waals surface area contributed by atoms with Gasteiger partial charge < -0.3 is 5.11 Å². The molecule has 21 heavy (non-hydrogen) atoms. The van der Waals surface area contributed by atoms with E-state index in [-0.39, 0.29) is 18.0 Å². The largest absolute Gasteiger partial charge is 0.392 e. The number of hydrogen-bond acceptors (Lipinski definition) is 3. The summed E-state index contributed by atoms with van der Waals surface area (Å²) in [4.78, 5) is 0.123.